The first-order valence-electron chi connectivity index (χ1n) is 4.05. The highest BCUT2D eigenvalue weighted by Gasteiger charge is 2.15. The molecule has 74 valence electrons. The molecule has 4 nitrogen and oxygen atoms in total. The van der Waals surface area contributed by atoms with Gasteiger partial charge in [-0.2, -0.15) is 0 Å². The maximum atomic E-state index is 11.2. The predicted molar refractivity (Wildman–Crippen MR) is 49.1 cm³/mol. The zero-order valence-electron chi connectivity index (χ0n) is 8.46. The number of ketones is 1. The van der Waals surface area contributed by atoms with Crippen LogP contribution < -0.4 is 0 Å². The Morgan fingerprint density at radius 1 is 1.38 bits per heavy atom. The second kappa shape index (κ2) is 5.35. The first-order chi connectivity index (χ1) is 5.99. The summed E-state index contributed by atoms with van der Waals surface area (Å²) in [6, 6.07) is 0. The van der Waals surface area contributed by atoms with E-state index in [1.165, 1.54) is 13.1 Å². The Balaban J connectivity index is 4.61. The average molecular weight is 189 g/mol. The number of hydrogen-bond donors (Lipinski definition) is 0. The maximum Gasteiger partial charge on any atom is 0.343 e. The van der Waals surface area contributed by atoms with E-state index in [1.807, 2.05) is 0 Å². The van der Waals surface area contributed by atoms with E-state index in [4.69, 9.17) is 4.74 Å². The molecule has 0 aromatic heterocycles. The molecule has 0 aliphatic rings. The van der Waals surface area contributed by atoms with E-state index < -0.39 is 5.97 Å². The molecule has 0 rings (SSSR count). The molecule has 0 saturated carbocycles. The number of carbonyl (C=O) groups excluding carboxylic acids is 2. The number of Topliss-reactive ketones (excluding diaryl/α,β-unsaturated/α-hetero) is 1. The zero-order valence-corrected chi connectivity index (χ0v) is 8.46. The Hall–Kier alpha value is -1.32. The van der Waals surface area contributed by atoms with Crippen molar-refractivity contribution in [1.82, 2.24) is 4.90 Å². The summed E-state index contributed by atoms with van der Waals surface area (Å²) < 4.78 is 4.71. The van der Waals surface area contributed by atoms with E-state index in [0.717, 1.165) is 0 Å². The highest BCUT2D eigenvalue weighted by atomic mass is 16.6. The van der Waals surface area contributed by atoms with Crippen LogP contribution in [0.25, 0.3) is 0 Å². The van der Waals surface area contributed by atoms with Crippen molar-refractivity contribution in [2.75, 3.05) is 20.7 Å². The minimum Gasteiger partial charge on any atom is -0.462 e. The standard InChI is InChI=1S/C9H15NO3/c1-5-13-9(12)8(7(2)11)6-10(3)4/h6H,5H2,1-4H3/b8-6+/i2+1,7+1,8+1,9+1. The molecule has 13 heavy (non-hydrogen) atoms. The SMILES string of the molecule is CCO[13C](=O)/[13C](=C/N(C)C)[13C]([13CH3])=O. The fraction of sp³-hybridized carbons (Fsp3) is 0.556. The summed E-state index contributed by atoms with van der Waals surface area (Å²) in [6.07, 6.45) is 1.46. The predicted octanol–water partition coefficient (Wildman–Crippen LogP) is 0.584. The molecule has 0 radical (unpaired) electrons. The third-order valence-corrected chi connectivity index (χ3v) is 1.26. The lowest BCUT2D eigenvalue weighted by molar-refractivity contribution is -0.139. The van der Waals surface area contributed by atoms with Crippen LogP contribution in [0.4, 0.5) is 0 Å². The first-order valence-corrected chi connectivity index (χ1v) is 4.05. The third kappa shape index (κ3) is 4.30. The molecular weight excluding hydrogens is 174 g/mol. The summed E-state index contributed by atoms with van der Waals surface area (Å²) in [4.78, 5) is 23.8. The van der Waals surface area contributed by atoms with E-state index in [9.17, 15) is 9.59 Å². The molecule has 0 amide bonds. The molecule has 0 fully saturated rings. The number of esters is 1. The highest BCUT2D eigenvalue weighted by molar-refractivity contribution is 6.16. The topological polar surface area (TPSA) is 46.6 Å². The van der Waals surface area contributed by atoms with E-state index in [-0.39, 0.29) is 18.0 Å². The summed E-state index contributed by atoms with van der Waals surface area (Å²) in [5.41, 5.74) is 0.0758. The average Bonchev–Trinajstić information content (AvgIpc) is 1.99. The highest BCUT2D eigenvalue weighted by Crippen LogP contribution is 2.00. The van der Waals surface area contributed by atoms with Gasteiger partial charge in [-0.25, -0.2) is 4.79 Å². The molecule has 0 bridgehead atoms. The van der Waals surface area contributed by atoms with Crippen LogP contribution in [0, 0.1) is 0 Å². The van der Waals surface area contributed by atoms with Crippen molar-refractivity contribution in [3.05, 3.63) is 11.8 Å². The quantitative estimate of drug-likeness (QED) is 0.213. The molecular formula is C9H15NO3. The summed E-state index contributed by atoms with van der Waals surface area (Å²) in [6.45, 7) is 3.31. The smallest absolute Gasteiger partial charge is 0.343 e. The van der Waals surface area contributed by atoms with Gasteiger partial charge in [-0.15, -0.1) is 0 Å². The van der Waals surface area contributed by atoms with Crippen molar-refractivity contribution in [1.29, 1.82) is 0 Å². The number of nitrogens with zero attached hydrogens (tertiary/aromatic N) is 1. The van der Waals surface area contributed by atoms with Crippen molar-refractivity contribution in [2.24, 2.45) is 0 Å². The van der Waals surface area contributed by atoms with Crippen LogP contribution in [-0.4, -0.2) is 37.4 Å². The van der Waals surface area contributed by atoms with Gasteiger partial charge in [0.15, 0.2) is 5.78 Å². The maximum absolute atomic E-state index is 11.2. The Labute approximate surface area is 78.2 Å². The van der Waals surface area contributed by atoms with E-state index >= 15 is 0 Å². The first kappa shape index (κ1) is 11.7. The van der Waals surface area contributed by atoms with Crippen molar-refractivity contribution in [3.8, 4) is 0 Å². The molecule has 0 aromatic carbocycles. The molecule has 0 aliphatic carbocycles. The molecule has 0 saturated heterocycles. The van der Waals surface area contributed by atoms with Gasteiger partial charge in [0.1, 0.15) is 5.57 Å². The lowest BCUT2D eigenvalue weighted by Crippen LogP contribution is -2.17. The molecule has 0 atom stereocenters. The fourth-order valence-electron chi connectivity index (χ4n) is 0.754. The summed E-state index contributed by atoms with van der Waals surface area (Å²) >= 11 is 0. The van der Waals surface area contributed by atoms with Gasteiger partial charge in [0.2, 0.25) is 0 Å². The normalized spacial score (nSPS) is 10.9. The van der Waals surface area contributed by atoms with Gasteiger partial charge in [-0.05, 0) is 13.8 Å². The molecule has 4 heteroatoms. The molecule has 0 unspecified atom stereocenters. The van der Waals surface area contributed by atoms with Crippen LogP contribution in [-0.2, 0) is 14.3 Å². The molecule has 0 aliphatic heterocycles. The zero-order chi connectivity index (χ0) is 10.4. The molecule has 0 aromatic rings. The van der Waals surface area contributed by atoms with Crippen LogP contribution >= 0.6 is 0 Å². The van der Waals surface area contributed by atoms with Gasteiger partial charge < -0.3 is 9.64 Å². The van der Waals surface area contributed by atoms with E-state index in [0.29, 0.717) is 0 Å². The minimum absolute atomic E-state index is 0.0758. The number of hydrogen-bond acceptors (Lipinski definition) is 4. The summed E-state index contributed by atoms with van der Waals surface area (Å²) in [5, 5.41) is 0. The Morgan fingerprint density at radius 2 is 1.92 bits per heavy atom. The minimum atomic E-state index is -0.566. The molecule has 0 heterocycles. The summed E-state index contributed by atoms with van der Waals surface area (Å²) in [7, 11) is 3.48. The Bertz CT molecular complexity index is 231. The largest absolute Gasteiger partial charge is 0.462 e. The van der Waals surface area contributed by atoms with E-state index in [2.05, 4.69) is 0 Å². The van der Waals surface area contributed by atoms with Crippen molar-refractivity contribution in [2.45, 2.75) is 13.8 Å². The van der Waals surface area contributed by atoms with Gasteiger partial charge in [-0.3, -0.25) is 4.79 Å². The fourth-order valence-corrected chi connectivity index (χ4v) is 0.754. The van der Waals surface area contributed by atoms with E-state index in [1.54, 1.807) is 25.9 Å². The number of carbonyl (C=O) groups is 2. The lowest BCUT2D eigenvalue weighted by Gasteiger charge is -2.08. The third-order valence-electron chi connectivity index (χ3n) is 1.26. The monoisotopic (exact) mass is 189 g/mol. The second-order valence-electron chi connectivity index (χ2n) is 2.78. The van der Waals surface area contributed by atoms with Gasteiger partial charge in [0.25, 0.3) is 0 Å². The van der Waals surface area contributed by atoms with Crippen LogP contribution in [0.15, 0.2) is 11.8 Å². The molecule has 0 spiro atoms. The second-order valence-corrected chi connectivity index (χ2v) is 2.78. The van der Waals surface area contributed by atoms with Crippen molar-refractivity contribution < 1.29 is 14.3 Å². The van der Waals surface area contributed by atoms with Crippen LogP contribution in [0.1, 0.15) is 13.8 Å². The van der Waals surface area contributed by atoms with Gasteiger partial charge in [0.05, 0.1) is 6.61 Å². The van der Waals surface area contributed by atoms with Gasteiger partial charge >= 0.3 is 5.97 Å². The lowest BCUT2D eigenvalue weighted by atomic mass is 10.8. The number of ether oxygens (including phenoxy) is 1. The van der Waals surface area contributed by atoms with Crippen molar-refractivity contribution >= 4 is 11.8 Å². The Kier molecular flexibility index (Phi) is 4.80. The summed E-state index contributed by atoms with van der Waals surface area (Å²) in [5.74, 6) is -0.851. The van der Waals surface area contributed by atoms with Gasteiger partial charge in [0, 0.05) is 20.3 Å². The van der Waals surface area contributed by atoms with Crippen molar-refractivity contribution in [3.63, 3.8) is 0 Å². The number of rotatable bonds is 4. The van der Waals surface area contributed by atoms with Crippen LogP contribution in [0.2, 0.25) is 0 Å². The molecule has 0 N–H and O–H groups in total. The van der Waals surface area contributed by atoms with Gasteiger partial charge in [-0.1, -0.05) is 0 Å². The Morgan fingerprint density at radius 3 is 2.23 bits per heavy atom. The van der Waals surface area contributed by atoms with Crippen LogP contribution in [0.5, 0.6) is 0 Å². The van der Waals surface area contributed by atoms with Crippen LogP contribution in [0.3, 0.4) is 0 Å².